The first-order valence-corrected chi connectivity index (χ1v) is 6.44. The average molecular weight is 268 g/mol. The summed E-state index contributed by atoms with van der Waals surface area (Å²) in [4.78, 5) is 4.43. The van der Waals surface area contributed by atoms with Gasteiger partial charge in [-0.2, -0.15) is 5.10 Å². The van der Waals surface area contributed by atoms with E-state index in [0.29, 0.717) is 6.54 Å². The molecule has 0 aliphatic carbocycles. The summed E-state index contributed by atoms with van der Waals surface area (Å²) in [7, 11) is 1.89. The molecule has 1 aromatic carbocycles. The number of rotatable bonds is 3. The highest BCUT2D eigenvalue weighted by atomic mass is 16.3. The first kappa shape index (κ1) is 12.5. The highest BCUT2D eigenvalue weighted by Gasteiger charge is 2.06. The number of nitrogens with one attached hydrogen (secondary N) is 1. The van der Waals surface area contributed by atoms with E-state index < -0.39 is 0 Å². The van der Waals surface area contributed by atoms with Crippen LogP contribution >= 0.6 is 0 Å². The second-order valence-corrected chi connectivity index (χ2v) is 4.82. The average Bonchev–Trinajstić information content (AvgIpc) is 2.73. The quantitative estimate of drug-likeness (QED) is 0.766. The molecule has 3 aromatic rings. The lowest BCUT2D eigenvalue weighted by molar-refractivity contribution is 0.475. The van der Waals surface area contributed by atoms with Crippen molar-refractivity contribution in [1.29, 1.82) is 0 Å². The van der Waals surface area contributed by atoms with Gasteiger partial charge in [-0.25, -0.2) is 4.98 Å². The Morgan fingerprint density at radius 3 is 2.75 bits per heavy atom. The number of hydrogen-bond acceptors (Lipinski definition) is 4. The van der Waals surface area contributed by atoms with Gasteiger partial charge in [0.2, 0.25) is 0 Å². The summed E-state index contributed by atoms with van der Waals surface area (Å²) in [6.45, 7) is 2.67. The molecule has 0 saturated carbocycles. The van der Waals surface area contributed by atoms with Crippen LogP contribution in [-0.4, -0.2) is 19.9 Å². The normalized spacial score (nSPS) is 10.9. The maximum absolute atomic E-state index is 9.25. The fraction of sp³-hybridized carbons (Fsp3) is 0.200. The molecule has 0 unspecified atom stereocenters. The minimum Gasteiger partial charge on any atom is -0.508 e. The predicted octanol–water partition coefficient (Wildman–Crippen LogP) is 2.59. The lowest BCUT2D eigenvalue weighted by Crippen LogP contribution is -2.00. The van der Waals surface area contributed by atoms with Gasteiger partial charge < -0.3 is 10.4 Å². The van der Waals surface area contributed by atoms with Gasteiger partial charge in [0.05, 0.1) is 17.6 Å². The minimum atomic E-state index is 0.280. The number of aryl methyl sites for hydroxylation is 2. The lowest BCUT2D eigenvalue weighted by atomic mass is 10.2. The number of benzene rings is 1. The molecular weight excluding hydrogens is 252 g/mol. The van der Waals surface area contributed by atoms with E-state index in [9.17, 15) is 5.11 Å². The molecule has 2 aromatic heterocycles. The van der Waals surface area contributed by atoms with Crippen LogP contribution in [0.5, 0.6) is 5.75 Å². The number of anilines is 1. The van der Waals surface area contributed by atoms with Gasteiger partial charge in [-0.1, -0.05) is 12.1 Å². The third-order valence-corrected chi connectivity index (χ3v) is 3.30. The Hall–Kier alpha value is -2.56. The molecule has 0 fully saturated rings. The predicted molar refractivity (Wildman–Crippen MR) is 78.7 cm³/mol. The zero-order chi connectivity index (χ0) is 14.1. The largest absolute Gasteiger partial charge is 0.508 e. The molecule has 0 saturated heterocycles. The fourth-order valence-electron chi connectivity index (χ4n) is 2.22. The van der Waals surface area contributed by atoms with Crippen molar-refractivity contribution in [3.8, 4) is 5.75 Å². The van der Waals surface area contributed by atoms with Crippen LogP contribution in [0, 0.1) is 6.92 Å². The number of aromatic hydroxyl groups is 1. The number of hydrogen-bond donors (Lipinski definition) is 2. The third kappa shape index (κ3) is 2.30. The summed E-state index contributed by atoms with van der Waals surface area (Å²) in [6.07, 6.45) is 1.81. The molecule has 5 nitrogen and oxygen atoms in total. The van der Waals surface area contributed by atoms with Crippen LogP contribution < -0.4 is 5.32 Å². The molecular formula is C15H16N4O. The molecule has 0 bridgehead atoms. The van der Waals surface area contributed by atoms with E-state index in [4.69, 9.17) is 0 Å². The van der Waals surface area contributed by atoms with Crippen molar-refractivity contribution in [2.24, 2.45) is 7.05 Å². The Balaban J connectivity index is 1.80. The second kappa shape index (κ2) is 4.85. The lowest BCUT2D eigenvalue weighted by Gasteiger charge is -2.06. The van der Waals surface area contributed by atoms with Gasteiger partial charge in [0.1, 0.15) is 5.75 Å². The minimum absolute atomic E-state index is 0.280. The molecule has 0 spiro atoms. The van der Waals surface area contributed by atoms with E-state index in [1.807, 2.05) is 32.3 Å². The van der Waals surface area contributed by atoms with Gasteiger partial charge >= 0.3 is 0 Å². The molecule has 3 rings (SSSR count). The first-order chi connectivity index (χ1) is 9.63. The summed E-state index contributed by atoms with van der Waals surface area (Å²) in [5, 5.41) is 18.0. The molecule has 2 N–H and O–H groups in total. The Morgan fingerprint density at radius 2 is 2.00 bits per heavy atom. The Morgan fingerprint density at radius 1 is 1.25 bits per heavy atom. The van der Waals surface area contributed by atoms with Gasteiger partial charge in [0.15, 0.2) is 5.65 Å². The molecule has 0 amide bonds. The zero-order valence-corrected chi connectivity index (χ0v) is 11.5. The standard InChI is InChI=1S/C15H16N4O/c1-10-14-7-12(9-17-15(14)19(2)18-10)16-8-11-3-5-13(20)6-4-11/h3-7,9,16,20H,8H2,1-2H3. The van der Waals surface area contributed by atoms with Crippen molar-refractivity contribution in [2.75, 3.05) is 5.32 Å². The van der Waals surface area contributed by atoms with Crippen molar-refractivity contribution in [3.63, 3.8) is 0 Å². The van der Waals surface area contributed by atoms with Gasteiger partial charge in [-0.15, -0.1) is 0 Å². The molecule has 2 heterocycles. The van der Waals surface area contributed by atoms with Crippen LogP contribution in [0.1, 0.15) is 11.3 Å². The Kier molecular flexibility index (Phi) is 3.02. The second-order valence-electron chi connectivity index (χ2n) is 4.82. The van der Waals surface area contributed by atoms with Crippen molar-refractivity contribution in [1.82, 2.24) is 14.8 Å². The van der Waals surface area contributed by atoms with E-state index in [2.05, 4.69) is 21.5 Å². The van der Waals surface area contributed by atoms with Crippen LogP contribution in [-0.2, 0) is 13.6 Å². The summed E-state index contributed by atoms with van der Waals surface area (Å²) >= 11 is 0. The van der Waals surface area contributed by atoms with Crippen LogP contribution in [0.3, 0.4) is 0 Å². The van der Waals surface area contributed by atoms with Gasteiger partial charge in [0.25, 0.3) is 0 Å². The smallest absolute Gasteiger partial charge is 0.157 e. The third-order valence-electron chi connectivity index (χ3n) is 3.30. The first-order valence-electron chi connectivity index (χ1n) is 6.44. The monoisotopic (exact) mass is 268 g/mol. The van der Waals surface area contributed by atoms with Crippen LogP contribution in [0.25, 0.3) is 11.0 Å². The maximum atomic E-state index is 9.25. The van der Waals surface area contributed by atoms with Crippen molar-refractivity contribution in [3.05, 3.63) is 47.8 Å². The van der Waals surface area contributed by atoms with Crippen LogP contribution in [0.2, 0.25) is 0 Å². The number of pyridine rings is 1. The number of aromatic nitrogens is 3. The SMILES string of the molecule is Cc1nn(C)c2ncc(NCc3ccc(O)cc3)cc12. The highest BCUT2D eigenvalue weighted by Crippen LogP contribution is 2.20. The molecule has 0 radical (unpaired) electrons. The van der Waals surface area contributed by atoms with E-state index in [1.54, 1.807) is 16.8 Å². The van der Waals surface area contributed by atoms with E-state index >= 15 is 0 Å². The summed E-state index contributed by atoms with van der Waals surface area (Å²) in [5.41, 5.74) is 3.92. The van der Waals surface area contributed by atoms with E-state index in [1.165, 1.54) is 0 Å². The number of phenolic OH excluding ortho intramolecular Hbond substituents is 1. The molecule has 20 heavy (non-hydrogen) atoms. The number of nitrogens with zero attached hydrogens (tertiary/aromatic N) is 3. The number of fused-ring (bicyclic) bond motifs is 1. The highest BCUT2D eigenvalue weighted by molar-refractivity contribution is 5.81. The van der Waals surface area contributed by atoms with Gasteiger partial charge in [-0.3, -0.25) is 4.68 Å². The van der Waals surface area contributed by atoms with E-state index in [-0.39, 0.29) is 5.75 Å². The van der Waals surface area contributed by atoms with E-state index in [0.717, 1.165) is 28.0 Å². The molecule has 102 valence electrons. The summed E-state index contributed by atoms with van der Waals surface area (Å²) in [6, 6.07) is 9.21. The summed E-state index contributed by atoms with van der Waals surface area (Å²) < 4.78 is 1.79. The maximum Gasteiger partial charge on any atom is 0.157 e. The van der Waals surface area contributed by atoms with Crippen LogP contribution in [0.15, 0.2) is 36.5 Å². The van der Waals surface area contributed by atoms with Crippen molar-refractivity contribution >= 4 is 16.7 Å². The van der Waals surface area contributed by atoms with Crippen LogP contribution in [0.4, 0.5) is 5.69 Å². The molecule has 0 aliphatic heterocycles. The van der Waals surface area contributed by atoms with Crippen molar-refractivity contribution < 1.29 is 5.11 Å². The zero-order valence-electron chi connectivity index (χ0n) is 11.5. The molecule has 0 aliphatic rings. The topological polar surface area (TPSA) is 63.0 Å². The molecule has 5 heteroatoms. The molecule has 0 atom stereocenters. The summed E-state index contributed by atoms with van der Waals surface area (Å²) in [5.74, 6) is 0.280. The number of phenols is 1. The van der Waals surface area contributed by atoms with Crippen molar-refractivity contribution in [2.45, 2.75) is 13.5 Å². The Labute approximate surface area is 116 Å². The van der Waals surface area contributed by atoms with Gasteiger partial charge in [0, 0.05) is 19.0 Å². The fourth-order valence-corrected chi connectivity index (χ4v) is 2.22. The Bertz CT molecular complexity index is 746. The van der Waals surface area contributed by atoms with Gasteiger partial charge in [-0.05, 0) is 30.7 Å².